The molecule has 3 saturated carbocycles. The van der Waals surface area contributed by atoms with E-state index in [9.17, 15) is 24.6 Å². The minimum absolute atomic E-state index is 0.0156. The molecule has 1 saturated heterocycles. The number of aliphatic hydroxyl groups is 1. The number of hydrogen-bond acceptors (Lipinski definition) is 8. The highest BCUT2D eigenvalue weighted by atomic mass is 16.7. The van der Waals surface area contributed by atoms with Crippen LogP contribution in [0.1, 0.15) is 60.3 Å². The number of esters is 1. The number of carboxylic acid groups (broad SMARTS) is 1. The number of rotatable bonds is 8. The van der Waals surface area contributed by atoms with Crippen LogP contribution in [0.5, 0.6) is 0 Å². The quantitative estimate of drug-likeness (QED) is 0.274. The first-order chi connectivity index (χ1) is 17.9. The van der Waals surface area contributed by atoms with Crippen molar-refractivity contribution in [2.75, 3.05) is 13.7 Å². The van der Waals surface area contributed by atoms with E-state index in [-0.39, 0.29) is 30.3 Å². The fourth-order valence-corrected chi connectivity index (χ4v) is 9.64. The molecule has 5 rings (SSSR count). The molecule has 9 nitrogen and oxygen atoms in total. The molecule has 0 spiro atoms. The van der Waals surface area contributed by atoms with Crippen molar-refractivity contribution in [3.05, 3.63) is 11.6 Å². The average molecular weight is 535 g/mol. The first kappa shape index (κ1) is 27.7. The molecule has 212 valence electrons. The summed E-state index contributed by atoms with van der Waals surface area (Å²) in [6, 6.07) is 0. The van der Waals surface area contributed by atoms with Crippen LogP contribution in [0.15, 0.2) is 11.6 Å². The molecule has 0 aromatic heterocycles. The lowest BCUT2D eigenvalue weighted by molar-refractivity contribution is -0.309. The number of aliphatic carboxylic acids is 1. The van der Waals surface area contributed by atoms with E-state index in [0.29, 0.717) is 18.8 Å². The van der Waals surface area contributed by atoms with Crippen molar-refractivity contribution in [2.24, 2.45) is 45.8 Å². The van der Waals surface area contributed by atoms with Gasteiger partial charge in [-0.1, -0.05) is 38.8 Å². The molecule has 5 aliphatic rings. The highest BCUT2D eigenvalue weighted by molar-refractivity contribution is 5.90. The first-order valence-corrected chi connectivity index (χ1v) is 14.0. The molecule has 12 atom stereocenters. The zero-order chi connectivity index (χ0) is 27.8. The summed E-state index contributed by atoms with van der Waals surface area (Å²) in [5, 5.41) is 22.1. The molecule has 1 heterocycles. The van der Waals surface area contributed by atoms with Gasteiger partial charge in [0.2, 0.25) is 0 Å². The molecule has 0 aromatic carbocycles. The van der Waals surface area contributed by atoms with Crippen molar-refractivity contribution in [3.8, 4) is 0 Å². The van der Waals surface area contributed by atoms with Crippen LogP contribution < -0.4 is 0 Å². The molecule has 4 fully saturated rings. The van der Waals surface area contributed by atoms with Crippen molar-refractivity contribution in [2.45, 2.75) is 91.0 Å². The first-order valence-electron chi connectivity index (χ1n) is 14.0. The minimum Gasteiger partial charge on any atom is -0.481 e. The van der Waals surface area contributed by atoms with Crippen LogP contribution in [0.2, 0.25) is 0 Å². The standard InChI is InChI=1S/C29H42O9/c1-14(2)21-9-18-10-27(12-30)20-8-7-15(3)19(20)11-28(18,29(21,27)26(33)34)13-36-25-24(38-17(5)31)22(32)23(35-6)16(4)37-25/h9,12,14-16,18-20,22-25,32H,7-8,10-11,13H2,1-6H3,(H,33,34). The molecule has 0 radical (unpaired) electrons. The van der Waals surface area contributed by atoms with Crippen LogP contribution in [0.4, 0.5) is 0 Å². The molecule has 38 heavy (non-hydrogen) atoms. The van der Waals surface area contributed by atoms with Gasteiger partial charge in [-0.2, -0.15) is 0 Å². The number of allylic oxidation sites excluding steroid dienone is 1. The Morgan fingerprint density at radius 3 is 2.50 bits per heavy atom. The second kappa shape index (κ2) is 9.39. The normalized spacial score (nSPS) is 49.1. The fourth-order valence-electron chi connectivity index (χ4n) is 9.64. The lowest BCUT2D eigenvalue weighted by atomic mass is 9.43. The van der Waals surface area contributed by atoms with Gasteiger partial charge in [-0.05, 0) is 55.8 Å². The van der Waals surface area contributed by atoms with Gasteiger partial charge in [0.05, 0.1) is 18.1 Å². The third-order valence-corrected chi connectivity index (χ3v) is 11.0. The van der Waals surface area contributed by atoms with Gasteiger partial charge in [0, 0.05) is 19.4 Å². The van der Waals surface area contributed by atoms with Crippen molar-refractivity contribution < 1.29 is 43.5 Å². The van der Waals surface area contributed by atoms with Crippen molar-refractivity contribution in [1.29, 1.82) is 0 Å². The van der Waals surface area contributed by atoms with Gasteiger partial charge in [-0.15, -0.1) is 0 Å². The summed E-state index contributed by atoms with van der Waals surface area (Å²) in [4.78, 5) is 38.7. The monoisotopic (exact) mass is 534 g/mol. The van der Waals surface area contributed by atoms with Gasteiger partial charge in [-0.25, -0.2) is 0 Å². The molecular weight excluding hydrogens is 492 g/mol. The molecule has 0 amide bonds. The number of carbonyl (C=O) groups excluding carboxylic acids is 2. The highest BCUT2D eigenvalue weighted by Gasteiger charge is 2.84. The Morgan fingerprint density at radius 2 is 1.92 bits per heavy atom. The lowest BCUT2D eigenvalue weighted by Gasteiger charge is -2.58. The smallest absolute Gasteiger partial charge is 0.315 e. The summed E-state index contributed by atoms with van der Waals surface area (Å²) in [5.41, 5.74) is -2.40. The Labute approximate surface area is 224 Å². The van der Waals surface area contributed by atoms with Crippen molar-refractivity contribution >= 4 is 18.2 Å². The molecule has 12 unspecified atom stereocenters. The number of ether oxygens (including phenoxy) is 4. The van der Waals surface area contributed by atoms with Gasteiger partial charge in [0.1, 0.15) is 23.9 Å². The molecular formula is C29H42O9. The molecule has 0 aromatic rings. The Kier molecular flexibility index (Phi) is 6.86. The van der Waals surface area contributed by atoms with Gasteiger partial charge >= 0.3 is 11.9 Å². The van der Waals surface area contributed by atoms with Crippen LogP contribution in [0, 0.1) is 45.8 Å². The van der Waals surface area contributed by atoms with E-state index < -0.39 is 58.9 Å². The van der Waals surface area contributed by atoms with Crippen LogP contribution >= 0.6 is 0 Å². The van der Waals surface area contributed by atoms with Crippen LogP contribution in [-0.4, -0.2) is 72.9 Å². The number of methoxy groups -OCH3 is 1. The maximum atomic E-state index is 13.6. The SMILES string of the molecule is COC1C(C)OC(OCC23CC4C(C)CCC4C4(C=O)CC2C=C(C(C)C)C43C(=O)O)C(OC(C)=O)C1O. The van der Waals surface area contributed by atoms with Gasteiger partial charge < -0.3 is 34.0 Å². The Morgan fingerprint density at radius 1 is 1.21 bits per heavy atom. The van der Waals surface area contributed by atoms with E-state index in [4.69, 9.17) is 18.9 Å². The molecule has 2 N–H and O–H groups in total. The Bertz CT molecular complexity index is 1020. The third kappa shape index (κ3) is 3.34. The number of aldehydes is 1. The summed E-state index contributed by atoms with van der Waals surface area (Å²) < 4.78 is 23.3. The van der Waals surface area contributed by atoms with E-state index in [1.807, 2.05) is 13.8 Å². The average Bonchev–Trinajstić information content (AvgIpc) is 3.42. The molecule has 4 bridgehead atoms. The fraction of sp³-hybridized carbons (Fsp3) is 0.828. The van der Waals surface area contributed by atoms with Gasteiger partial charge in [0.15, 0.2) is 12.4 Å². The number of carboxylic acids is 1. The van der Waals surface area contributed by atoms with Gasteiger partial charge in [-0.3, -0.25) is 9.59 Å². The molecule has 4 aliphatic carbocycles. The van der Waals surface area contributed by atoms with Crippen molar-refractivity contribution in [3.63, 3.8) is 0 Å². The Hall–Kier alpha value is -1.81. The van der Waals surface area contributed by atoms with Crippen LogP contribution in [0.25, 0.3) is 0 Å². The van der Waals surface area contributed by atoms with Crippen LogP contribution in [-0.2, 0) is 33.3 Å². The summed E-state index contributed by atoms with van der Waals surface area (Å²) in [6.45, 7) is 9.21. The maximum Gasteiger partial charge on any atom is 0.315 e. The maximum absolute atomic E-state index is 13.6. The second-order valence-corrected chi connectivity index (χ2v) is 12.8. The van der Waals surface area contributed by atoms with E-state index in [0.717, 1.165) is 24.7 Å². The third-order valence-electron chi connectivity index (χ3n) is 11.0. The van der Waals surface area contributed by atoms with E-state index in [2.05, 4.69) is 13.0 Å². The highest BCUT2D eigenvalue weighted by Crippen LogP contribution is 2.82. The molecule has 9 heteroatoms. The predicted octanol–water partition coefficient (Wildman–Crippen LogP) is 2.98. The minimum atomic E-state index is -1.38. The van der Waals surface area contributed by atoms with E-state index in [1.165, 1.54) is 14.0 Å². The van der Waals surface area contributed by atoms with Gasteiger partial charge in [0.25, 0.3) is 0 Å². The summed E-state index contributed by atoms with van der Waals surface area (Å²) in [6.07, 6.45) is 1.35. The zero-order valence-electron chi connectivity index (χ0n) is 23.2. The topological polar surface area (TPSA) is 129 Å². The zero-order valence-corrected chi connectivity index (χ0v) is 23.2. The summed E-state index contributed by atoms with van der Waals surface area (Å²) in [7, 11) is 1.45. The van der Waals surface area contributed by atoms with E-state index >= 15 is 0 Å². The lowest BCUT2D eigenvalue weighted by Crippen LogP contribution is -2.64. The number of carbonyl (C=O) groups is 3. The number of fused-ring (bicyclic) bond motifs is 2. The summed E-state index contributed by atoms with van der Waals surface area (Å²) in [5.74, 6) is -1.11. The summed E-state index contributed by atoms with van der Waals surface area (Å²) >= 11 is 0. The number of hydrogen-bond donors (Lipinski definition) is 2. The van der Waals surface area contributed by atoms with Crippen LogP contribution in [0.3, 0.4) is 0 Å². The largest absolute Gasteiger partial charge is 0.481 e. The molecule has 1 aliphatic heterocycles. The predicted molar refractivity (Wildman–Crippen MR) is 135 cm³/mol. The second-order valence-electron chi connectivity index (χ2n) is 12.8. The van der Waals surface area contributed by atoms with Crippen molar-refractivity contribution in [1.82, 2.24) is 0 Å². The van der Waals surface area contributed by atoms with E-state index in [1.54, 1.807) is 6.92 Å². The number of aliphatic hydroxyl groups excluding tert-OH is 1. The Balaban J connectivity index is 1.57.